The average molecular weight is 455 g/mol. The van der Waals surface area contributed by atoms with Gasteiger partial charge in [-0.3, -0.25) is 4.79 Å². The van der Waals surface area contributed by atoms with E-state index >= 15 is 0 Å². The number of aryl methyl sites for hydroxylation is 1. The molecule has 1 atom stereocenters. The van der Waals surface area contributed by atoms with Crippen LogP contribution in [0.2, 0.25) is 0 Å². The van der Waals surface area contributed by atoms with Crippen molar-refractivity contribution in [2.75, 3.05) is 16.8 Å². The van der Waals surface area contributed by atoms with Gasteiger partial charge in [-0.05, 0) is 31.5 Å². The van der Waals surface area contributed by atoms with Crippen molar-refractivity contribution in [1.29, 1.82) is 0 Å². The van der Waals surface area contributed by atoms with E-state index in [0.717, 1.165) is 0 Å². The Balaban J connectivity index is 1.96. The lowest BCUT2D eigenvalue weighted by molar-refractivity contribution is -0.143. The third kappa shape index (κ3) is 4.77. The zero-order valence-electron chi connectivity index (χ0n) is 15.3. The predicted octanol–water partition coefficient (Wildman–Crippen LogP) is 3.84. The molecular weight excluding hydrogens is 440 g/mol. The third-order valence-electron chi connectivity index (χ3n) is 4.50. The van der Waals surface area contributed by atoms with Gasteiger partial charge in [-0.15, -0.1) is 0 Å². The molecule has 1 aromatic heterocycles. The molecule has 1 unspecified atom stereocenters. The highest BCUT2D eigenvalue weighted by atomic mass is 32.2. The number of alkyl halides is 6. The Bertz CT molecular complexity index is 1060. The fourth-order valence-electron chi connectivity index (χ4n) is 3.13. The smallest absolute Gasteiger partial charge is 0.307 e. The molecule has 2 heterocycles. The van der Waals surface area contributed by atoms with Gasteiger partial charge < -0.3 is 5.32 Å². The van der Waals surface area contributed by atoms with Crippen LogP contribution in [0.1, 0.15) is 39.6 Å². The molecule has 1 aliphatic rings. The Labute approximate surface area is 166 Å². The Morgan fingerprint density at radius 2 is 1.63 bits per heavy atom. The maximum atomic E-state index is 13.0. The summed E-state index contributed by atoms with van der Waals surface area (Å²) in [5, 5.41) is 6.34. The van der Waals surface area contributed by atoms with Crippen LogP contribution in [0.25, 0.3) is 0 Å². The van der Waals surface area contributed by atoms with E-state index in [4.69, 9.17) is 0 Å². The summed E-state index contributed by atoms with van der Waals surface area (Å²) in [7, 11) is -3.30. The van der Waals surface area contributed by atoms with Crippen LogP contribution >= 0.6 is 0 Å². The quantitative estimate of drug-likeness (QED) is 0.714. The molecule has 1 amide bonds. The Morgan fingerprint density at radius 3 is 2.10 bits per heavy atom. The molecule has 164 valence electrons. The topological polar surface area (TPSA) is 81.1 Å². The summed E-state index contributed by atoms with van der Waals surface area (Å²) in [6, 6.07) is 1.30. The van der Waals surface area contributed by atoms with Gasteiger partial charge in [-0.2, -0.15) is 31.4 Å². The number of hydrogen-bond donors (Lipinski definition) is 1. The van der Waals surface area contributed by atoms with Crippen molar-refractivity contribution in [3.05, 3.63) is 46.6 Å². The second-order valence-corrected chi connectivity index (χ2v) is 9.15. The number of nitrogens with zero attached hydrogens (tertiary/aromatic N) is 2. The van der Waals surface area contributed by atoms with Crippen molar-refractivity contribution in [3.63, 3.8) is 0 Å². The summed E-state index contributed by atoms with van der Waals surface area (Å²) >= 11 is 0. The molecule has 6 nitrogen and oxygen atoms in total. The highest BCUT2D eigenvalue weighted by Gasteiger charge is 2.38. The molecule has 13 heteroatoms. The van der Waals surface area contributed by atoms with E-state index in [-0.39, 0.29) is 29.8 Å². The van der Waals surface area contributed by atoms with Gasteiger partial charge in [0, 0.05) is 11.6 Å². The second-order valence-electron chi connectivity index (χ2n) is 6.92. The first-order valence-electron chi connectivity index (χ1n) is 8.53. The molecule has 1 N–H and O–H groups in total. The molecule has 0 aliphatic carbocycles. The number of sulfone groups is 1. The van der Waals surface area contributed by atoms with Crippen molar-refractivity contribution in [1.82, 2.24) is 9.78 Å². The largest absolute Gasteiger partial charge is 0.416 e. The monoisotopic (exact) mass is 455 g/mol. The molecule has 1 saturated heterocycles. The molecular formula is C17H15F6N3O3S. The van der Waals surface area contributed by atoms with Crippen molar-refractivity contribution < 1.29 is 39.6 Å². The molecule has 0 saturated carbocycles. The first kappa shape index (κ1) is 22.1. The number of hydrogen-bond acceptors (Lipinski definition) is 4. The molecule has 1 fully saturated rings. The van der Waals surface area contributed by atoms with E-state index in [1.165, 1.54) is 10.7 Å². The van der Waals surface area contributed by atoms with Crippen molar-refractivity contribution in [3.8, 4) is 0 Å². The van der Waals surface area contributed by atoms with Crippen LogP contribution in [0.3, 0.4) is 0 Å². The van der Waals surface area contributed by atoms with Crippen molar-refractivity contribution in [2.24, 2.45) is 0 Å². The summed E-state index contributed by atoms with van der Waals surface area (Å²) in [4.78, 5) is 12.5. The fourth-order valence-corrected chi connectivity index (χ4v) is 4.82. The molecule has 0 radical (unpaired) electrons. The van der Waals surface area contributed by atoms with Gasteiger partial charge in [0.1, 0.15) is 5.82 Å². The first-order valence-corrected chi connectivity index (χ1v) is 10.4. The molecule has 30 heavy (non-hydrogen) atoms. The maximum Gasteiger partial charge on any atom is 0.416 e. The minimum Gasteiger partial charge on any atom is -0.307 e. The summed E-state index contributed by atoms with van der Waals surface area (Å²) in [5.74, 6) is -1.56. The number of halogens is 6. The Kier molecular flexibility index (Phi) is 5.37. The fraction of sp³-hybridized carbons (Fsp3) is 0.412. The zero-order valence-corrected chi connectivity index (χ0v) is 16.1. The molecule has 0 bridgehead atoms. The van der Waals surface area contributed by atoms with Gasteiger partial charge in [0.2, 0.25) is 0 Å². The standard InChI is InChI=1S/C17H15F6N3O3S/c1-9-4-14(26(25-9)13-2-3-30(28,29)8-13)24-15(27)10-5-11(16(18,19)20)7-12(6-10)17(21,22)23/h4-7,13H,2-3,8H2,1H3,(H,24,27). The lowest BCUT2D eigenvalue weighted by Gasteiger charge is -2.16. The van der Waals surface area contributed by atoms with Crippen molar-refractivity contribution in [2.45, 2.75) is 31.7 Å². The van der Waals surface area contributed by atoms with E-state index in [1.54, 1.807) is 6.92 Å². The number of benzene rings is 1. The van der Waals surface area contributed by atoms with Crippen LogP contribution in [0.5, 0.6) is 0 Å². The van der Waals surface area contributed by atoms with Crippen LogP contribution in [0, 0.1) is 6.92 Å². The summed E-state index contributed by atoms with van der Waals surface area (Å²) in [5.41, 5.74) is -3.70. The number of nitrogens with one attached hydrogen (secondary N) is 1. The summed E-state index contributed by atoms with van der Waals surface area (Å²) < 4.78 is 103. The summed E-state index contributed by atoms with van der Waals surface area (Å²) in [6.45, 7) is 1.54. The van der Waals surface area contributed by atoms with Crippen LogP contribution in [0.15, 0.2) is 24.3 Å². The first-order chi connectivity index (χ1) is 13.7. The van der Waals surface area contributed by atoms with E-state index < -0.39 is 50.8 Å². The maximum absolute atomic E-state index is 13.0. The summed E-state index contributed by atoms with van der Waals surface area (Å²) in [6.07, 6.45) is -9.96. The van der Waals surface area contributed by atoms with Crippen LogP contribution in [-0.4, -0.2) is 35.6 Å². The second kappa shape index (κ2) is 7.29. The number of carbonyl (C=O) groups is 1. The average Bonchev–Trinajstić information content (AvgIpc) is 3.14. The Morgan fingerprint density at radius 1 is 1.07 bits per heavy atom. The van der Waals surface area contributed by atoms with Crippen LogP contribution < -0.4 is 5.32 Å². The molecule has 0 spiro atoms. The van der Waals surface area contributed by atoms with Gasteiger partial charge in [-0.25, -0.2) is 13.1 Å². The highest BCUT2D eigenvalue weighted by molar-refractivity contribution is 7.91. The number of aromatic nitrogens is 2. The van der Waals surface area contributed by atoms with Gasteiger partial charge in [0.25, 0.3) is 5.91 Å². The number of carbonyl (C=O) groups excluding carboxylic acids is 1. The van der Waals surface area contributed by atoms with Gasteiger partial charge >= 0.3 is 12.4 Å². The number of anilines is 1. The molecule has 1 aromatic carbocycles. The highest BCUT2D eigenvalue weighted by Crippen LogP contribution is 2.36. The Hall–Kier alpha value is -2.57. The SMILES string of the molecule is Cc1cc(NC(=O)c2cc(C(F)(F)F)cc(C(F)(F)F)c2)n(C2CCS(=O)(=O)C2)n1. The number of rotatable bonds is 3. The van der Waals surface area contributed by atoms with E-state index in [9.17, 15) is 39.6 Å². The lowest BCUT2D eigenvalue weighted by atomic mass is 10.0. The van der Waals surface area contributed by atoms with Gasteiger partial charge in [0.05, 0.1) is 34.4 Å². The van der Waals surface area contributed by atoms with E-state index in [0.29, 0.717) is 17.8 Å². The van der Waals surface area contributed by atoms with Gasteiger partial charge in [0.15, 0.2) is 9.84 Å². The van der Waals surface area contributed by atoms with E-state index in [2.05, 4.69) is 10.4 Å². The van der Waals surface area contributed by atoms with Crippen LogP contribution in [0.4, 0.5) is 32.2 Å². The predicted molar refractivity (Wildman–Crippen MR) is 93.7 cm³/mol. The minimum absolute atomic E-state index is 0.0226. The molecule has 1 aliphatic heterocycles. The zero-order chi connectivity index (χ0) is 22.5. The third-order valence-corrected chi connectivity index (χ3v) is 6.25. The normalized spacial score (nSPS) is 19.1. The van der Waals surface area contributed by atoms with E-state index in [1.807, 2.05) is 0 Å². The molecule has 2 aromatic rings. The van der Waals surface area contributed by atoms with Gasteiger partial charge in [-0.1, -0.05) is 0 Å². The van der Waals surface area contributed by atoms with Crippen LogP contribution in [-0.2, 0) is 22.2 Å². The number of amides is 1. The lowest BCUT2D eigenvalue weighted by Crippen LogP contribution is -2.21. The molecule has 3 rings (SSSR count). The van der Waals surface area contributed by atoms with Crippen molar-refractivity contribution >= 4 is 21.6 Å². The minimum atomic E-state index is -5.09.